The van der Waals surface area contributed by atoms with Gasteiger partial charge >= 0.3 is 0 Å². The average Bonchev–Trinajstić information content (AvgIpc) is 3.01. The Hall–Kier alpha value is -0.0800. The lowest BCUT2D eigenvalue weighted by atomic mass is 9.84. The van der Waals surface area contributed by atoms with Gasteiger partial charge in [-0.2, -0.15) is 0 Å². The molecule has 0 aromatic heterocycles. The van der Waals surface area contributed by atoms with E-state index in [2.05, 4.69) is 19.2 Å². The molecule has 18 heavy (non-hydrogen) atoms. The largest absolute Gasteiger partial charge is 0.374 e. The van der Waals surface area contributed by atoms with Crippen molar-refractivity contribution >= 4 is 0 Å². The van der Waals surface area contributed by atoms with E-state index in [1.807, 2.05) is 0 Å². The molecule has 106 valence electrons. The molecule has 0 aliphatic heterocycles. The third-order valence-electron chi connectivity index (χ3n) is 5.01. The first-order chi connectivity index (χ1) is 8.80. The lowest BCUT2D eigenvalue weighted by Crippen LogP contribution is -2.51. The minimum Gasteiger partial charge on any atom is -0.374 e. The molecule has 0 spiro atoms. The first-order valence-corrected chi connectivity index (χ1v) is 8.18. The van der Waals surface area contributed by atoms with Crippen LogP contribution in [0.5, 0.6) is 0 Å². The van der Waals surface area contributed by atoms with Crippen LogP contribution in [0.25, 0.3) is 0 Å². The Morgan fingerprint density at radius 1 is 1.11 bits per heavy atom. The maximum Gasteiger partial charge on any atom is 0.0834 e. The minimum atomic E-state index is 0.160. The summed E-state index contributed by atoms with van der Waals surface area (Å²) in [5.74, 6) is 0.951. The average molecular weight is 253 g/mol. The summed E-state index contributed by atoms with van der Waals surface area (Å²) in [7, 11) is 0. The molecular weight excluding hydrogens is 222 g/mol. The number of ether oxygens (including phenoxy) is 1. The quantitative estimate of drug-likeness (QED) is 0.743. The van der Waals surface area contributed by atoms with Crippen LogP contribution in [0.4, 0.5) is 0 Å². The van der Waals surface area contributed by atoms with Gasteiger partial charge in [0.15, 0.2) is 0 Å². The van der Waals surface area contributed by atoms with Crippen molar-refractivity contribution in [3.63, 3.8) is 0 Å². The zero-order chi connectivity index (χ0) is 12.8. The van der Waals surface area contributed by atoms with Crippen LogP contribution >= 0.6 is 0 Å². The highest BCUT2D eigenvalue weighted by Crippen LogP contribution is 2.40. The van der Waals surface area contributed by atoms with E-state index in [1.165, 1.54) is 57.8 Å². The third kappa shape index (κ3) is 3.27. The van der Waals surface area contributed by atoms with Crippen LogP contribution in [-0.4, -0.2) is 24.8 Å². The van der Waals surface area contributed by atoms with Gasteiger partial charge in [-0.15, -0.1) is 0 Å². The number of rotatable bonds is 7. The molecule has 0 aromatic carbocycles. The second-order valence-corrected chi connectivity index (χ2v) is 6.20. The lowest BCUT2D eigenvalue weighted by Gasteiger charge is -2.39. The number of hydrogen-bond donors (Lipinski definition) is 1. The first-order valence-electron chi connectivity index (χ1n) is 8.18. The molecule has 2 saturated carbocycles. The summed E-state index contributed by atoms with van der Waals surface area (Å²) < 4.78 is 6.25. The molecule has 0 aromatic rings. The van der Waals surface area contributed by atoms with E-state index in [4.69, 9.17) is 4.74 Å². The van der Waals surface area contributed by atoms with Crippen LogP contribution in [0, 0.1) is 5.92 Å². The van der Waals surface area contributed by atoms with Gasteiger partial charge in [-0.1, -0.05) is 45.4 Å². The molecule has 1 unspecified atom stereocenters. The van der Waals surface area contributed by atoms with Gasteiger partial charge in [0.25, 0.3) is 0 Å². The fourth-order valence-corrected chi connectivity index (χ4v) is 4.16. The summed E-state index contributed by atoms with van der Waals surface area (Å²) in [6.45, 7) is 6.33. The van der Waals surface area contributed by atoms with E-state index < -0.39 is 0 Å². The standard InChI is InChI=1S/C16H31NO/c1-3-17-15(13-14-9-5-6-10-14)16(18-4-2)11-7-8-12-16/h14-15,17H,3-13H2,1-2H3. The number of nitrogens with one attached hydrogen (secondary N) is 1. The number of hydrogen-bond acceptors (Lipinski definition) is 2. The second-order valence-electron chi connectivity index (χ2n) is 6.20. The van der Waals surface area contributed by atoms with Crippen molar-refractivity contribution in [1.29, 1.82) is 0 Å². The molecule has 0 heterocycles. The van der Waals surface area contributed by atoms with Gasteiger partial charge in [0.1, 0.15) is 0 Å². The minimum absolute atomic E-state index is 0.160. The van der Waals surface area contributed by atoms with Crippen molar-refractivity contribution in [1.82, 2.24) is 5.32 Å². The van der Waals surface area contributed by atoms with E-state index in [0.29, 0.717) is 6.04 Å². The van der Waals surface area contributed by atoms with Crippen LogP contribution in [-0.2, 0) is 4.74 Å². The molecule has 2 nitrogen and oxygen atoms in total. The second kappa shape index (κ2) is 6.91. The molecular formula is C16H31NO. The molecule has 2 rings (SSSR count). The van der Waals surface area contributed by atoms with Gasteiger partial charge in [0.05, 0.1) is 5.60 Å². The summed E-state index contributed by atoms with van der Waals surface area (Å²) >= 11 is 0. The van der Waals surface area contributed by atoms with Gasteiger partial charge in [-0.05, 0) is 38.6 Å². The van der Waals surface area contributed by atoms with E-state index in [-0.39, 0.29) is 5.60 Å². The molecule has 0 bridgehead atoms. The van der Waals surface area contributed by atoms with E-state index in [9.17, 15) is 0 Å². The third-order valence-corrected chi connectivity index (χ3v) is 5.01. The highest BCUT2D eigenvalue weighted by Gasteiger charge is 2.42. The summed E-state index contributed by atoms with van der Waals surface area (Å²) in [5, 5.41) is 3.75. The maximum atomic E-state index is 6.25. The van der Waals surface area contributed by atoms with Crippen molar-refractivity contribution in [3.05, 3.63) is 0 Å². The predicted octanol–water partition coefficient (Wildman–Crippen LogP) is 3.89. The van der Waals surface area contributed by atoms with Crippen LogP contribution in [0.3, 0.4) is 0 Å². The van der Waals surface area contributed by atoms with E-state index in [0.717, 1.165) is 19.1 Å². The molecule has 0 saturated heterocycles. The highest BCUT2D eigenvalue weighted by atomic mass is 16.5. The van der Waals surface area contributed by atoms with Gasteiger partial charge in [0, 0.05) is 12.6 Å². The number of likely N-dealkylation sites (N-methyl/N-ethyl adjacent to an activating group) is 1. The summed E-state index contributed by atoms with van der Waals surface area (Å²) in [4.78, 5) is 0. The monoisotopic (exact) mass is 253 g/mol. The first kappa shape index (κ1) is 14.3. The Balaban J connectivity index is 2.00. The molecule has 2 fully saturated rings. The van der Waals surface area contributed by atoms with Crippen LogP contribution < -0.4 is 5.32 Å². The Kier molecular flexibility index (Phi) is 5.50. The Labute approximate surface area is 113 Å². The normalized spacial score (nSPS) is 25.7. The van der Waals surface area contributed by atoms with Crippen molar-refractivity contribution < 1.29 is 4.74 Å². The SMILES string of the molecule is CCNC(CC1CCCC1)C1(OCC)CCCC1. The van der Waals surface area contributed by atoms with Crippen LogP contribution in [0.1, 0.15) is 71.6 Å². The van der Waals surface area contributed by atoms with Crippen LogP contribution in [0.2, 0.25) is 0 Å². The topological polar surface area (TPSA) is 21.3 Å². The van der Waals surface area contributed by atoms with Crippen molar-refractivity contribution in [2.75, 3.05) is 13.2 Å². The Bertz CT molecular complexity index is 229. The smallest absolute Gasteiger partial charge is 0.0834 e. The molecule has 2 aliphatic rings. The fraction of sp³-hybridized carbons (Fsp3) is 1.00. The molecule has 1 atom stereocenters. The van der Waals surface area contributed by atoms with Gasteiger partial charge in [0.2, 0.25) is 0 Å². The zero-order valence-electron chi connectivity index (χ0n) is 12.3. The molecule has 1 N–H and O–H groups in total. The summed E-state index contributed by atoms with van der Waals surface area (Å²) in [5.41, 5.74) is 0.160. The van der Waals surface area contributed by atoms with Gasteiger partial charge < -0.3 is 10.1 Å². The highest BCUT2D eigenvalue weighted by molar-refractivity contribution is 4.98. The summed E-state index contributed by atoms with van der Waals surface area (Å²) in [6, 6.07) is 0.591. The van der Waals surface area contributed by atoms with E-state index >= 15 is 0 Å². The molecule has 2 heteroatoms. The van der Waals surface area contributed by atoms with Gasteiger partial charge in [-0.25, -0.2) is 0 Å². The molecule has 0 radical (unpaired) electrons. The van der Waals surface area contributed by atoms with Gasteiger partial charge in [-0.3, -0.25) is 0 Å². The van der Waals surface area contributed by atoms with Crippen molar-refractivity contribution in [2.45, 2.75) is 83.3 Å². The van der Waals surface area contributed by atoms with E-state index in [1.54, 1.807) is 0 Å². The Morgan fingerprint density at radius 2 is 1.78 bits per heavy atom. The predicted molar refractivity (Wildman–Crippen MR) is 76.9 cm³/mol. The zero-order valence-corrected chi connectivity index (χ0v) is 12.3. The summed E-state index contributed by atoms with van der Waals surface area (Å²) in [6.07, 6.45) is 12.4. The fourth-order valence-electron chi connectivity index (χ4n) is 4.16. The Morgan fingerprint density at radius 3 is 2.33 bits per heavy atom. The van der Waals surface area contributed by atoms with Crippen molar-refractivity contribution in [2.24, 2.45) is 5.92 Å². The molecule has 2 aliphatic carbocycles. The maximum absolute atomic E-state index is 6.25. The lowest BCUT2D eigenvalue weighted by molar-refractivity contribution is -0.0659. The van der Waals surface area contributed by atoms with Crippen molar-refractivity contribution in [3.8, 4) is 0 Å². The molecule has 0 amide bonds. The van der Waals surface area contributed by atoms with Crippen LogP contribution in [0.15, 0.2) is 0 Å².